The Bertz CT molecular complexity index is 2500. The molecule has 10 atom stereocenters. The molecule has 0 saturated heterocycles. The van der Waals surface area contributed by atoms with Gasteiger partial charge < -0.3 is 62.5 Å². The highest BCUT2D eigenvalue weighted by atomic mass is 35.5. The number of phenols is 2. The van der Waals surface area contributed by atoms with Crippen LogP contribution in [0.25, 0.3) is 11.5 Å². The van der Waals surface area contributed by atoms with Crippen molar-refractivity contribution in [3.05, 3.63) is 90.4 Å². The van der Waals surface area contributed by atoms with Crippen LogP contribution in [-0.4, -0.2) is 147 Å². The van der Waals surface area contributed by atoms with Crippen LogP contribution in [0.5, 0.6) is 11.5 Å². The second-order valence-corrected chi connectivity index (χ2v) is 17.7. The number of likely N-dealkylation sites (N-methyl/N-ethyl adjacent to an activating group) is 2. The van der Waals surface area contributed by atoms with Gasteiger partial charge >= 0.3 is 0 Å². The monoisotopic (exact) mass is 964 g/mol. The van der Waals surface area contributed by atoms with Crippen molar-refractivity contribution in [3.8, 4) is 11.5 Å². The molecule has 2 aromatic rings. The van der Waals surface area contributed by atoms with E-state index in [1.54, 1.807) is 0 Å². The average Bonchev–Trinajstić information content (AvgIpc) is 3.19. The number of carbonyl (C=O) groups is 6. The first-order chi connectivity index (χ1) is 29.7. The lowest BCUT2D eigenvalue weighted by molar-refractivity contribution is -0.157. The number of aliphatic hydroxyl groups excluding tert-OH is 6. The van der Waals surface area contributed by atoms with Gasteiger partial charge in [-0.3, -0.25) is 38.6 Å². The van der Waals surface area contributed by atoms with Crippen LogP contribution in [0.1, 0.15) is 47.3 Å². The fourth-order valence-electron chi connectivity index (χ4n) is 10.5. The maximum atomic E-state index is 13.6. The molecule has 20 nitrogen and oxygen atoms in total. The minimum Gasteiger partial charge on any atom is -0.508 e. The molecule has 6 aliphatic rings. The van der Waals surface area contributed by atoms with Crippen LogP contribution >= 0.6 is 35.6 Å². The molecule has 0 bridgehead atoms. The van der Waals surface area contributed by atoms with E-state index in [0.717, 1.165) is 0 Å². The Kier molecular flexibility index (Phi) is 12.3. The fourth-order valence-corrected chi connectivity index (χ4v) is 11.0. The Balaban J connectivity index is 0.000000212. The number of hydrogen-bond acceptors (Lipinski definition) is 18. The molecule has 0 radical (unpaired) electrons. The Morgan fingerprint density at radius 2 is 0.923 bits per heavy atom. The molecule has 348 valence electrons. The first-order valence-electron chi connectivity index (χ1n) is 19.4. The third-order valence-electron chi connectivity index (χ3n) is 13.3. The van der Waals surface area contributed by atoms with Gasteiger partial charge in [-0.1, -0.05) is 23.2 Å². The van der Waals surface area contributed by atoms with Crippen LogP contribution in [-0.2, 0) is 28.8 Å². The van der Waals surface area contributed by atoms with Crippen molar-refractivity contribution in [1.29, 1.82) is 0 Å². The predicted molar refractivity (Wildman–Crippen MR) is 228 cm³/mol. The van der Waals surface area contributed by atoms with Gasteiger partial charge in [0.15, 0.2) is 22.8 Å². The van der Waals surface area contributed by atoms with Gasteiger partial charge in [-0.2, -0.15) is 0 Å². The van der Waals surface area contributed by atoms with Crippen LogP contribution in [0.3, 0.4) is 0 Å². The summed E-state index contributed by atoms with van der Waals surface area (Å²) in [5.74, 6) is -16.4. The first-order valence-corrected chi connectivity index (χ1v) is 20.1. The lowest BCUT2D eigenvalue weighted by Gasteiger charge is -2.51. The predicted octanol–water partition coefficient (Wildman–Crippen LogP) is 0.638. The fraction of sp³-hybridized carbons (Fsp3) is 0.381. The number of halogens is 3. The number of amides is 2. The van der Waals surface area contributed by atoms with E-state index < -0.39 is 151 Å². The maximum absolute atomic E-state index is 13.6. The summed E-state index contributed by atoms with van der Waals surface area (Å²) in [7, 11) is 5.94. The Labute approximate surface area is 384 Å². The Morgan fingerprint density at radius 1 is 0.615 bits per heavy atom. The van der Waals surface area contributed by atoms with Crippen molar-refractivity contribution in [2.24, 2.45) is 35.1 Å². The zero-order valence-corrected chi connectivity index (χ0v) is 36.8. The molecule has 0 heterocycles. The standard InChI is InChI=1S/2C21H21ClN2O8.ClH/c2*1-24(2)14-7-5-6-10(16(27)12-9(25)4-3-8(22)11(12)15(6)26)18(29)21(7,32)19(30)13(17(14)28)20(23)31;/h2*3-4,6-7,14-15,25-27,30,32H,5H2,1-2H3,(H2,23,31);1H/t2*6-,7-,14-,15-,21-;/m00./s1. The van der Waals surface area contributed by atoms with E-state index in [1.807, 2.05) is 0 Å². The number of fused-ring (bicyclic) bond motifs is 6. The van der Waals surface area contributed by atoms with Gasteiger partial charge in [0, 0.05) is 56.0 Å². The highest BCUT2D eigenvalue weighted by Gasteiger charge is 2.67. The van der Waals surface area contributed by atoms with Gasteiger partial charge in [-0.05, 0) is 65.3 Å². The summed E-state index contributed by atoms with van der Waals surface area (Å²) in [5.41, 5.74) is 1.69. The van der Waals surface area contributed by atoms with Crippen LogP contribution in [0.15, 0.2) is 58.1 Å². The smallest absolute Gasteiger partial charge is 0.255 e. The Hall–Kier alpha value is -5.55. The number of rotatable bonds is 4. The molecule has 0 aromatic heterocycles. The number of hydrogen-bond donors (Lipinski definition) is 12. The summed E-state index contributed by atoms with van der Waals surface area (Å²) in [5, 5.41) is 109. The minimum atomic E-state index is -2.77. The molecule has 0 spiro atoms. The quantitative estimate of drug-likeness (QED) is 0.187. The van der Waals surface area contributed by atoms with Crippen LogP contribution in [0.4, 0.5) is 0 Å². The summed E-state index contributed by atoms with van der Waals surface area (Å²) < 4.78 is 0. The van der Waals surface area contributed by atoms with Crippen molar-refractivity contribution in [2.45, 2.75) is 48.3 Å². The zero-order valence-electron chi connectivity index (χ0n) is 34.5. The van der Waals surface area contributed by atoms with Gasteiger partial charge in [0.25, 0.3) is 11.8 Å². The van der Waals surface area contributed by atoms with Crippen molar-refractivity contribution in [2.75, 3.05) is 28.2 Å². The molecule has 65 heavy (non-hydrogen) atoms. The molecule has 6 aliphatic carbocycles. The molecule has 2 amide bonds. The number of aromatic hydroxyl groups is 2. The number of carbonyl (C=O) groups excluding carboxylic acids is 6. The number of aliphatic hydroxyl groups is 8. The second kappa shape index (κ2) is 16.4. The molecular formula is C42H43Cl3N4O16. The second-order valence-electron chi connectivity index (χ2n) is 16.9. The normalized spacial score (nSPS) is 31.6. The van der Waals surface area contributed by atoms with Crippen LogP contribution in [0, 0.1) is 23.7 Å². The van der Waals surface area contributed by atoms with E-state index in [0.29, 0.717) is 0 Å². The maximum Gasteiger partial charge on any atom is 0.255 e. The summed E-state index contributed by atoms with van der Waals surface area (Å²) in [6, 6.07) is 2.50. The number of primary amides is 2. The Morgan fingerprint density at radius 3 is 1.20 bits per heavy atom. The molecular weight excluding hydrogens is 923 g/mol. The summed E-state index contributed by atoms with van der Waals surface area (Å²) >= 11 is 12.4. The molecule has 23 heteroatoms. The SMILES string of the molecule is CN(C)[C@@H]1C(=O)C(C(N)=O)=C(O)[C@@]2(O)C(=O)C3=C(O)c4c(O)ccc(Cl)c4[C@@H](O)[C@H]3C[C@@H]12.CN(C)[C@@H]1C(=O)C(C(N)=O)=C(O)[C@@]2(O)C(=O)C3=C(O)c4c(O)ccc(Cl)c4[C@@H](O)[C@H]3C[C@@H]12.Cl. The van der Waals surface area contributed by atoms with E-state index in [1.165, 1.54) is 62.3 Å². The average molecular weight is 966 g/mol. The van der Waals surface area contributed by atoms with E-state index in [-0.39, 0.29) is 57.5 Å². The number of Topliss-reactive ketones (excluding diaryl/α,β-unsaturated/α-hetero) is 4. The molecule has 0 aliphatic heterocycles. The van der Waals surface area contributed by atoms with Crippen molar-refractivity contribution < 1.29 is 79.8 Å². The minimum absolute atomic E-state index is 0. The molecule has 0 unspecified atom stereocenters. The topological polar surface area (TPSA) is 363 Å². The molecule has 14 N–H and O–H groups in total. The van der Waals surface area contributed by atoms with E-state index in [2.05, 4.69) is 0 Å². The number of phenolic OH excluding ortho intramolecular Hbond substituents is 2. The molecule has 2 aromatic carbocycles. The van der Waals surface area contributed by atoms with Gasteiger partial charge in [0.1, 0.15) is 45.7 Å². The zero-order chi connectivity index (χ0) is 47.7. The molecule has 2 saturated carbocycles. The largest absolute Gasteiger partial charge is 0.508 e. The first kappa shape index (κ1) is 48.9. The highest BCUT2D eigenvalue weighted by molar-refractivity contribution is 6.32. The van der Waals surface area contributed by atoms with Crippen LogP contribution < -0.4 is 11.5 Å². The van der Waals surface area contributed by atoms with Crippen molar-refractivity contribution in [1.82, 2.24) is 9.80 Å². The van der Waals surface area contributed by atoms with Crippen molar-refractivity contribution in [3.63, 3.8) is 0 Å². The van der Waals surface area contributed by atoms with Crippen molar-refractivity contribution >= 4 is 82.1 Å². The van der Waals surface area contributed by atoms with Crippen LogP contribution in [0.2, 0.25) is 10.0 Å². The third kappa shape index (κ3) is 6.56. The van der Waals surface area contributed by atoms with Gasteiger partial charge in [0.05, 0.1) is 35.4 Å². The summed E-state index contributed by atoms with van der Waals surface area (Å²) in [6.07, 6.45) is -3.41. The lowest BCUT2D eigenvalue weighted by Crippen LogP contribution is -2.66. The summed E-state index contributed by atoms with van der Waals surface area (Å²) in [6.45, 7) is 0. The number of nitrogens with two attached hydrogens (primary N) is 2. The number of nitrogens with zero attached hydrogens (tertiary/aromatic N) is 2. The van der Waals surface area contributed by atoms with Gasteiger partial charge in [-0.15, -0.1) is 12.4 Å². The van der Waals surface area contributed by atoms with E-state index in [9.17, 15) is 79.8 Å². The van der Waals surface area contributed by atoms with E-state index in [4.69, 9.17) is 34.7 Å². The van der Waals surface area contributed by atoms with Gasteiger partial charge in [-0.25, -0.2) is 0 Å². The number of benzene rings is 2. The molecule has 8 rings (SSSR count). The van der Waals surface area contributed by atoms with Gasteiger partial charge in [0.2, 0.25) is 11.6 Å². The number of ketones is 4. The lowest BCUT2D eigenvalue weighted by atomic mass is 9.57. The van der Waals surface area contributed by atoms with E-state index >= 15 is 0 Å². The molecule has 2 fully saturated rings. The third-order valence-corrected chi connectivity index (χ3v) is 13.9. The highest BCUT2D eigenvalue weighted by Crippen LogP contribution is 2.58. The summed E-state index contributed by atoms with van der Waals surface area (Å²) in [4.78, 5) is 79.6.